The second kappa shape index (κ2) is 39.3. The second-order valence-electron chi connectivity index (χ2n) is 13.5. The number of hydrogen-bond acceptors (Lipinski definition) is 6. The highest BCUT2D eigenvalue weighted by atomic mass is 16.6. The summed E-state index contributed by atoms with van der Waals surface area (Å²) in [6.45, 7) is 3.76. The van der Waals surface area contributed by atoms with Gasteiger partial charge >= 0.3 is 11.9 Å². The zero-order chi connectivity index (χ0) is 36.6. The van der Waals surface area contributed by atoms with Crippen molar-refractivity contribution in [1.29, 1.82) is 0 Å². The number of aliphatic hydroxyl groups excluding tert-OH is 2. The Morgan fingerprint density at radius 1 is 0.560 bits per heavy atom. The number of unbranched alkanes of at least 4 members (excludes halogenated alkanes) is 18. The third-order valence-electron chi connectivity index (χ3n) is 8.73. The molecule has 0 saturated carbocycles. The van der Waals surface area contributed by atoms with Crippen molar-refractivity contribution in [2.45, 2.75) is 193 Å². The Morgan fingerprint density at radius 3 is 1.52 bits per heavy atom. The molecule has 2 atom stereocenters. The summed E-state index contributed by atoms with van der Waals surface area (Å²) in [5.74, 6) is -0.676. The maximum Gasteiger partial charge on any atom is 0.306 e. The zero-order valence-electron chi connectivity index (χ0n) is 32.3. The molecule has 0 bridgehead atoms. The smallest absolute Gasteiger partial charge is 0.306 e. The van der Waals surface area contributed by atoms with Crippen LogP contribution in [0.15, 0.2) is 60.8 Å². The number of aliphatic hydroxyl groups is 2. The minimum atomic E-state index is -0.811. The molecule has 0 aromatic rings. The summed E-state index contributed by atoms with van der Waals surface area (Å²) in [5.41, 5.74) is 0. The van der Waals surface area contributed by atoms with Gasteiger partial charge in [0.05, 0.1) is 12.7 Å². The highest BCUT2D eigenvalue weighted by Crippen LogP contribution is 2.15. The molecule has 0 saturated heterocycles. The monoisotopic (exact) mass is 701 g/mol. The van der Waals surface area contributed by atoms with Gasteiger partial charge in [0.25, 0.3) is 0 Å². The number of carbonyl (C=O) groups excluding carboxylic acids is 2. The zero-order valence-corrected chi connectivity index (χ0v) is 32.3. The van der Waals surface area contributed by atoms with E-state index in [0.717, 1.165) is 51.4 Å². The summed E-state index contributed by atoms with van der Waals surface area (Å²) in [5, 5.41) is 19.0. The third-order valence-corrected chi connectivity index (χ3v) is 8.73. The van der Waals surface area contributed by atoms with Gasteiger partial charge in [0.1, 0.15) is 6.61 Å². The summed E-state index contributed by atoms with van der Waals surface area (Å²) >= 11 is 0. The van der Waals surface area contributed by atoms with E-state index in [2.05, 4.69) is 49.5 Å². The normalized spacial score (nSPS) is 13.4. The van der Waals surface area contributed by atoms with Crippen molar-refractivity contribution >= 4 is 11.9 Å². The van der Waals surface area contributed by atoms with Crippen LogP contribution in [0.4, 0.5) is 0 Å². The van der Waals surface area contributed by atoms with E-state index in [9.17, 15) is 19.8 Å². The van der Waals surface area contributed by atoms with E-state index in [1.165, 1.54) is 96.3 Å². The molecule has 0 aliphatic carbocycles. The summed E-state index contributed by atoms with van der Waals surface area (Å²) in [4.78, 5) is 24.3. The predicted molar refractivity (Wildman–Crippen MR) is 211 cm³/mol. The van der Waals surface area contributed by atoms with Gasteiger partial charge in [-0.05, 0) is 44.9 Å². The molecule has 6 nitrogen and oxygen atoms in total. The van der Waals surface area contributed by atoms with E-state index >= 15 is 0 Å². The molecule has 0 unspecified atom stereocenters. The molecule has 0 amide bonds. The van der Waals surface area contributed by atoms with Crippen LogP contribution in [-0.4, -0.2) is 47.6 Å². The van der Waals surface area contributed by atoms with Crippen LogP contribution in [0.1, 0.15) is 181 Å². The molecule has 50 heavy (non-hydrogen) atoms. The van der Waals surface area contributed by atoms with Crippen molar-refractivity contribution in [3.05, 3.63) is 60.8 Å². The van der Waals surface area contributed by atoms with Gasteiger partial charge < -0.3 is 19.7 Å². The van der Waals surface area contributed by atoms with Gasteiger partial charge in [-0.2, -0.15) is 0 Å². The topological polar surface area (TPSA) is 93.1 Å². The highest BCUT2D eigenvalue weighted by Gasteiger charge is 2.16. The molecule has 288 valence electrons. The van der Waals surface area contributed by atoms with Crippen LogP contribution in [0.25, 0.3) is 0 Å². The number of ether oxygens (including phenoxy) is 2. The van der Waals surface area contributed by atoms with Crippen molar-refractivity contribution in [3.63, 3.8) is 0 Å². The lowest BCUT2D eigenvalue weighted by atomic mass is 10.0. The lowest BCUT2D eigenvalue weighted by molar-refractivity contribution is -0.161. The maximum atomic E-state index is 12.2. The SMILES string of the molecule is CCCCCCCCCCCCCCCCCCCCC(=O)OC[C@H](CO)OC(=O)CCC/C=C\C/C=C\C/C=C\C/C=C\C=C\[C@H](O)CC. The van der Waals surface area contributed by atoms with E-state index in [1.807, 2.05) is 19.1 Å². The Bertz CT molecular complexity index is 902. The van der Waals surface area contributed by atoms with Crippen LogP contribution in [0, 0.1) is 0 Å². The standard InChI is InChI=1S/C44H76O6/c1-3-5-6-7-8-9-10-11-12-13-14-15-19-22-25-28-31-34-37-43(47)49-40-42(39-45)50-44(48)38-35-32-29-26-23-20-17-16-18-21-24-27-30-33-36-41(46)4-2/h17-18,20-21,26-27,29-30,33,36,41-42,45-46H,3-16,19,22-25,28,31-32,34-35,37-40H2,1-2H3/b20-17-,21-18-,29-26-,30-27-,36-33+/t41-,42+/m1/s1. The van der Waals surface area contributed by atoms with Crippen LogP contribution in [0.3, 0.4) is 0 Å². The molecule has 0 rings (SSSR count). The molecule has 0 aromatic carbocycles. The van der Waals surface area contributed by atoms with E-state index in [0.29, 0.717) is 12.8 Å². The van der Waals surface area contributed by atoms with Crippen molar-refractivity contribution < 1.29 is 29.3 Å². The molecular formula is C44H76O6. The number of rotatable bonds is 36. The first kappa shape index (κ1) is 47.6. The molecule has 0 fully saturated rings. The van der Waals surface area contributed by atoms with Crippen LogP contribution < -0.4 is 0 Å². The Morgan fingerprint density at radius 2 is 1.02 bits per heavy atom. The minimum absolute atomic E-state index is 0.0976. The van der Waals surface area contributed by atoms with E-state index < -0.39 is 6.10 Å². The van der Waals surface area contributed by atoms with Gasteiger partial charge in [0.15, 0.2) is 6.10 Å². The summed E-state index contributed by atoms with van der Waals surface area (Å²) in [6, 6.07) is 0. The summed E-state index contributed by atoms with van der Waals surface area (Å²) in [7, 11) is 0. The van der Waals surface area contributed by atoms with Gasteiger partial charge in [-0.15, -0.1) is 0 Å². The van der Waals surface area contributed by atoms with Crippen LogP contribution >= 0.6 is 0 Å². The highest BCUT2D eigenvalue weighted by molar-refractivity contribution is 5.70. The van der Waals surface area contributed by atoms with Gasteiger partial charge in [-0.25, -0.2) is 0 Å². The molecule has 0 spiro atoms. The van der Waals surface area contributed by atoms with Crippen molar-refractivity contribution in [1.82, 2.24) is 0 Å². The van der Waals surface area contributed by atoms with E-state index in [1.54, 1.807) is 6.08 Å². The average molecular weight is 701 g/mol. The Hall–Kier alpha value is -2.44. The van der Waals surface area contributed by atoms with Crippen molar-refractivity contribution in [2.24, 2.45) is 0 Å². The second-order valence-corrected chi connectivity index (χ2v) is 13.5. The number of carbonyl (C=O) groups is 2. The fourth-order valence-corrected chi connectivity index (χ4v) is 5.48. The van der Waals surface area contributed by atoms with Gasteiger partial charge in [-0.1, -0.05) is 184 Å². The lowest BCUT2D eigenvalue weighted by Crippen LogP contribution is -2.28. The molecule has 6 heteroatoms. The Balaban J connectivity index is 3.65. The molecule has 0 aliphatic heterocycles. The van der Waals surface area contributed by atoms with Gasteiger partial charge in [0.2, 0.25) is 0 Å². The van der Waals surface area contributed by atoms with Crippen LogP contribution in [-0.2, 0) is 19.1 Å². The minimum Gasteiger partial charge on any atom is -0.462 e. The molecular weight excluding hydrogens is 624 g/mol. The fourth-order valence-electron chi connectivity index (χ4n) is 5.48. The maximum absolute atomic E-state index is 12.2. The first-order valence-electron chi connectivity index (χ1n) is 20.5. The molecule has 0 aliphatic rings. The molecule has 0 aromatic heterocycles. The first-order chi connectivity index (χ1) is 24.5. The third kappa shape index (κ3) is 36.8. The Labute approximate surface area is 307 Å². The van der Waals surface area contributed by atoms with Gasteiger partial charge in [-0.3, -0.25) is 9.59 Å². The molecule has 0 heterocycles. The van der Waals surface area contributed by atoms with Gasteiger partial charge in [0, 0.05) is 12.8 Å². The first-order valence-corrected chi connectivity index (χ1v) is 20.5. The molecule has 2 N–H and O–H groups in total. The number of hydrogen-bond donors (Lipinski definition) is 2. The van der Waals surface area contributed by atoms with Crippen LogP contribution in [0.2, 0.25) is 0 Å². The average Bonchev–Trinajstić information content (AvgIpc) is 3.12. The lowest BCUT2D eigenvalue weighted by Gasteiger charge is -2.15. The largest absolute Gasteiger partial charge is 0.462 e. The number of allylic oxidation sites excluding steroid dienone is 9. The Kier molecular flexibility index (Phi) is 37.4. The van der Waals surface area contributed by atoms with Crippen molar-refractivity contribution in [2.75, 3.05) is 13.2 Å². The summed E-state index contributed by atoms with van der Waals surface area (Å²) < 4.78 is 10.6. The molecule has 0 radical (unpaired) electrons. The van der Waals surface area contributed by atoms with E-state index in [4.69, 9.17) is 9.47 Å². The summed E-state index contributed by atoms with van der Waals surface area (Å²) in [6.07, 6.45) is 48.1. The predicted octanol–water partition coefficient (Wildman–Crippen LogP) is 11.8. The quantitative estimate of drug-likeness (QED) is 0.0292. The number of esters is 2. The van der Waals surface area contributed by atoms with Crippen molar-refractivity contribution in [3.8, 4) is 0 Å². The van der Waals surface area contributed by atoms with E-state index in [-0.39, 0.29) is 37.7 Å². The fraction of sp³-hybridized carbons (Fsp3) is 0.727. The van der Waals surface area contributed by atoms with Crippen LogP contribution in [0.5, 0.6) is 0 Å².